The maximum absolute atomic E-state index is 12.2. The molecule has 0 aromatic carbocycles. The minimum absolute atomic E-state index is 0.233. The molecule has 0 fully saturated rings. The van der Waals surface area contributed by atoms with Crippen LogP contribution in [0.4, 0.5) is 11.6 Å². The number of carbonyl (C=O) groups excluding carboxylic acids is 1. The highest BCUT2D eigenvalue weighted by Gasteiger charge is 2.11. The minimum atomic E-state index is -0.233. The summed E-state index contributed by atoms with van der Waals surface area (Å²) in [5.74, 6) is 1.53. The average Bonchev–Trinajstić information content (AvgIpc) is 2.81. The lowest BCUT2D eigenvalue weighted by molar-refractivity contribution is 0.102. The highest BCUT2D eigenvalue weighted by atomic mass is 16.5. The fraction of sp³-hybridized carbons (Fsp3) is 0.357. The van der Waals surface area contributed by atoms with Gasteiger partial charge in [-0.1, -0.05) is 12.1 Å². The van der Waals surface area contributed by atoms with Crippen molar-refractivity contribution in [1.29, 1.82) is 0 Å². The molecule has 2 rings (SSSR count). The van der Waals surface area contributed by atoms with Crippen molar-refractivity contribution in [3.05, 3.63) is 35.2 Å². The predicted molar refractivity (Wildman–Crippen MR) is 76.9 cm³/mol. The van der Waals surface area contributed by atoms with Crippen molar-refractivity contribution in [2.75, 3.05) is 17.2 Å². The lowest BCUT2D eigenvalue weighted by Gasteiger charge is -2.08. The molecule has 0 unspecified atom stereocenters. The Morgan fingerprint density at radius 3 is 2.70 bits per heavy atom. The monoisotopic (exact) mass is 274 g/mol. The number of nitrogens with one attached hydrogen (secondary N) is 2. The minimum Gasteiger partial charge on any atom is -0.370 e. The van der Waals surface area contributed by atoms with Crippen molar-refractivity contribution in [2.24, 2.45) is 0 Å². The number of anilines is 2. The molecule has 2 heterocycles. The van der Waals surface area contributed by atoms with E-state index in [1.54, 1.807) is 25.1 Å². The van der Waals surface area contributed by atoms with E-state index in [0.29, 0.717) is 23.0 Å². The molecule has 0 aliphatic heterocycles. The Bertz CT molecular complexity index is 607. The molecule has 20 heavy (non-hydrogen) atoms. The first-order valence-corrected chi connectivity index (χ1v) is 6.55. The molecule has 0 bridgehead atoms. The summed E-state index contributed by atoms with van der Waals surface area (Å²) in [5, 5.41) is 9.60. The topological polar surface area (TPSA) is 80.0 Å². The van der Waals surface area contributed by atoms with Gasteiger partial charge in [-0.15, -0.1) is 0 Å². The number of aromatic nitrogens is 2. The molecule has 0 radical (unpaired) electrons. The van der Waals surface area contributed by atoms with E-state index in [1.165, 1.54) is 0 Å². The van der Waals surface area contributed by atoms with Gasteiger partial charge in [-0.3, -0.25) is 4.79 Å². The fourth-order valence-electron chi connectivity index (χ4n) is 1.76. The molecule has 2 aromatic heterocycles. The standard InChI is InChI=1S/C14H18N4O2/c1-4-5-15-12-8-11(6-9(2)16-12)14(19)17-13-7-10(3)20-18-13/h6-8H,4-5H2,1-3H3,(H,15,16)(H,17,18,19). The van der Waals surface area contributed by atoms with Crippen LogP contribution >= 0.6 is 0 Å². The van der Waals surface area contributed by atoms with Crippen LogP contribution in [-0.4, -0.2) is 22.6 Å². The summed E-state index contributed by atoms with van der Waals surface area (Å²) >= 11 is 0. The smallest absolute Gasteiger partial charge is 0.257 e. The van der Waals surface area contributed by atoms with E-state index in [2.05, 4.69) is 27.7 Å². The first kappa shape index (κ1) is 14.0. The molecular weight excluding hydrogens is 256 g/mol. The van der Waals surface area contributed by atoms with Crippen LogP contribution in [0.15, 0.2) is 22.7 Å². The summed E-state index contributed by atoms with van der Waals surface area (Å²) in [6, 6.07) is 5.13. The van der Waals surface area contributed by atoms with E-state index < -0.39 is 0 Å². The van der Waals surface area contributed by atoms with Crippen molar-refractivity contribution in [2.45, 2.75) is 27.2 Å². The van der Waals surface area contributed by atoms with Gasteiger partial charge in [-0.25, -0.2) is 4.98 Å². The maximum Gasteiger partial charge on any atom is 0.257 e. The van der Waals surface area contributed by atoms with Gasteiger partial charge in [0, 0.05) is 23.9 Å². The largest absolute Gasteiger partial charge is 0.370 e. The summed E-state index contributed by atoms with van der Waals surface area (Å²) < 4.78 is 4.91. The van der Waals surface area contributed by atoms with Gasteiger partial charge in [-0.2, -0.15) is 0 Å². The summed E-state index contributed by atoms with van der Waals surface area (Å²) in [6.07, 6.45) is 0.995. The number of nitrogens with zero attached hydrogens (tertiary/aromatic N) is 2. The van der Waals surface area contributed by atoms with E-state index >= 15 is 0 Å². The Hall–Kier alpha value is -2.37. The van der Waals surface area contributed by atoms with Crippen molar-refractivity contribution in [3.63, 3.8) is 0 Å². The summed E-state index contributed by atoms with van der Waals surface area (Å²) in [6.45, 7) is 6.52. The molecule has 0 aliphatic rings. The van der Waals surface area contributed by atoms with Crippen LogP contribution in [0, 0.1) is 13.8 Å². The first-order chi connectivity index (χ1) is 9.58. The SMILES string of the molecule is CCCNc1cc(C(=O)Nc2cc(C)on2)cc(C)n1. The van der Waals surface area contributed by atoms with Gasteiger partial charge in [-0.05, 0) is 32.4 Å². The Labute approximate surface area is 117 Å². The molecule has 1 amide bonds. The highest BCUT2D eigenvalue weighted by Crippen LogP contribution is 2.13. The Kier molecular flexibility index (Phi) is 4.34. The average molecular weight is 274 g/mol. The van der Waals surface area contributed by atoms with Crippen LogP contribution in [0.1, 0.15) is 35.2 Å². The molecule has 0 aliphatic carbocycles. The Morgan fingerprint density at radius 2 is 2.05 bits per heavy atom. The number of pyridine rings is 1. The molecular formula is C14H18N4O2. The van der Waals surface area contributed by atoms with E-state index in [1.807, 2.05) is 6.92 Å². The van der Waals surface area contributed by atoms with E-state index in [4.69, 9.17) is 4.52 Å². The normalized spacial score (nSPS) is 10.3. The summed E-state index contributed by atoms with van der Waals surface area (Å²) in [5.41, 5.74) is 1.32. The summed E-state index contributed by atoms with van der Waals surface area (Å²) in [4.78, 5) is 16.5. The van der Waals surface area contributed by atoms with Crippen LogP contribution in [0.5, 0.6) is 0 Å². The number of hydrogen-bond acceptors (Lipinski definition) is 5. The van der Waals surface area contributed by atoms with Gasteiger partial charge < -0.3 is 15.2 Å². The number of carbonyl (C=O) groups is 1. The Balaban J connectivity index is 2.14. The van der Waals surface area contributed by atoms with Gasteiger partial charge in [0.2, 0.25) is 0 Å². The quantitative estimate of drug-likeness (QED) is 0.876. The van der Waals surface area contributed by atoms with Crippen LogP contribution in [0.3, 0.4) is 0 Å². The molecule has 106 valence electrons. The van der Waals surface area contributed by atoms with Crippen molar-refractivity contribution < 1.29 is 9.32 Å². The van der Waals surface area contributed by atoms with Crippen molar-refractivity contribution in [1.82, 2.24) is 10.1 Å². The second-order valence-electron chi connectivity index (χ2n) is 4.59. The second-order valence-corrected chi connectivity index (χ2v) is 4.59. The van der Waals surface area contributed by atoms with Gasteiger partial charge in [0.1, 0.15) is 11.6 Å². The van der Waals surface area contributed by atoms with Crippen molar-refractivity contribution >= 4 is 17.5 Å². The molecule has 6 nitrogen and oxygen atoms in total. The molecule has 0 saturated heterocycles. The number of rotatable bonds is 5. The van der Waals surface area contributed by atoms with Crippen LogP contribution < -0.4 is 10.6 Å². The first-order valence-electron chi connectivity index (χ1n) is 6.55. The van der Waals surface area contributed by atoms with E-state index in [0.717, 1.165) is 18.7 Å². The molecule has 6 heteroatoms. The lowest BCUT2D eigenvalue weighted by Crippen LogP contribution is -2.14. The number of aryl methyl sites for hydroxylation is 2. The number of amides is 1. The van der Waals surface area contributed by atoms with Crippen molar-refractivity contribution in [3.8, 4) is 0 Å². The van der Waals surface area contributed by atoms with Gasteiger partial charge in [0.05, 0.1) is 0 Å². The molecule has 2 aromatic rings. The number of hydrogen-bond donors (Lipinski definition) is 2. The third-order valence-electron chi connectivity index (χ3n) is 2.64. The van der Waals surface area contributed by atoms with Crippen LogP contribution in [-0.2, 0) is 0 Å². The second kappa shape index (κ2) is 6.18. The van der Waals surface area contributed by atoms with Crippen LogP contribution in [0.2, 0.25) is 0 Å². The third-order valence-corrected chi connectivity index (χ3v) is 2.64. The Morgan fingerprint density at radius 1 is 1.25 bits per heavy atom. The maximum atomic E-state index is 12.2. The zero-order valence-electron chi connectivity index (χ0n) is 11.9. The molecule has 2 N–H and O–H groups in total. The van der Waals surface area contributed by atoms with Gasteiger partial charge in [0.25, 0.3) is 5.91 Å². The molecule has 0 spiro atoms. The van der Waals surface area contributed by atoms with E-state index in [-0.39, 0.29) is 5.91 Å². The lowest BCUT2D eigenvalue weighted by atomic mass is 10.2. The van der Waals surface area contributed by atoms with Crippen LogP contribution in [0.25, 0.3) is 0 Å². The molecule has 0 saturated carbocycles. The zero-order chi connectivity index (χ0) is 14.5. The third kappa shape index (κ3) is 3.57. The molecule has 0 atom stereocenters. The van der Waals surface area contributed by atoms with Gasteiger partial charge >= 0.3 is 0 Å². The van der Waals surface area contributed by atoms with Gasteiger partial charge in [0.15, 0.2) is 5.82 Å². The van der Waals surface area contributed by atoms with E-state index in [9.17, 15) is 4.79 Å². The highest BCUT2D eigenvalue weighted by molar-refractivity contribution is 6.04. The summed E-state index contributed by atoms with van der Waals surface area (Å²) in [7, 11) is 0. The predicted octanol–water partition coefficient (Wildman–Crippen LogP) is 2.76. The fourth-order valence-corrected chi connectivity index (χ4v) is 1.76. The zero-order valence-corrected chi connectivity index (χ0v) is 11.9.